The first kappa shape index (κ1) is 13.9. The second-order valence-electron chi connectivity index (χ2n) is 5.06. The molecule has 1 saturated carbocycles. The molecule has 0 aliphatic heterocycles. The van der Waals surface area contributed by atoms with E-state index in [2.05, 4.69) is 21.2 Å². The van der Waals surface area contributed by atoms with Gasteiger partial charge in [0.05, 0.1) is 16.1 Å². The normalized spacial score (nSPS) is 17.7. The van der Waals surface area contributed by atoms with Crippen LogP contribution in [0.3, 0.4) is 0 Å². The molecule has 0 unspecified atom stereocenters. The van der Waals surface area contributed by atoms with E-state index in [9.17, 15) is 4.79 Å². The van der Waals surface area contributed by atoms with Gasteiger partial charge in [-0.1, -0.05) is 46.4 Å². The molecular weight excluding hydrogens is 314 g/mol. The van der Waals surface area contributed by atoms with Gasteiger partial charge in [-0.05, 0) is 37.5 Å². The molecule has 0 heterocycles. The summed E-state index contributed by atoms with van der Waals surface area (Å²) in [5.41, 5.74) is 1.53. The average Bonchev–Trinajstić information content (AvgIpc) is 2.78. The highest BCUT2D eigenvalue weighted by Crippen LogP contribution is 2.32. The van der Waals surface area contributed by atoms with Gasteiger partial charge < -0.3 is 5.32 Å². The number of benzene rings is 1. The molecule has 1 amide bonds. The van der Waals surface area contributed by atoms with Gasteiger partial charge in [0.2, 0.25) is 0 Å². The third kappa shape index (κ3) is 2.89. The Morgan fingerprint density at radius 2 is 2.11 bits per heavy atom. The SMILES string of the molecule is Cc1ccc(C(=O)NC2(CBr)CCCC2)c(Cl)c1. The van der Waals surface area contributed by atoms with Crippen molar-refractivity contribution < 1.29 is 4.79 Å². The Kier molecular flexibility index (Phi) is 4.33. The minimum atomic E-state index is -0.0920. The molecule has 0 bridgehead atoms. The van der Waals surface area contributed by atoms with E-state index < -0.39 is 0 Å². The van der Waals surface area contributed by atoms with Crippen LogP contribution in [0.1, 0.15) is 41.6 Å². The summed E-state index contributed by atoms with van der Waals surface area (Å²) in [6, 6.07) is 5.53. The lowest BCUT2D eigenvalue weighted by atomic mass is 9.99. The largest absolute Gasteiger partial charge is 0.346 e. The van der Waals surface area contributed by atoms with Gasteiger partial charge in [0.25, 0.3) is 5.91 Å². The van der Waals surface area contributed by atoms with Crippen molar-refractivity contribution in [2.45, 2.75) is 38.1 Å². The number of rotatable bonds is 3. The first-order chi connectivity index (χ1) is 8.56. The number of halogens is 2. The number of alkyl halides is 1. The molecule has 0 saturated heterocycles. The van der Waals surface area contributed by atoms with Crippen molar-refractivity contribution in [3.63, 3.8) is 0 Å². The number of hydrogen-bond donors (Lipinski definition) is 1. The molecule has 18 heavy (non-hydrogen) atoms. The Balaban J connectivity index is 2.16. The van der Waals surface area contributed by atoms with E-state index in [1.807, 2.05) is 19.1 Å². The Hall–Kier alpha value is -0.540. The topological polar surface area (TPSA) is 29.1 Å². The highest BCUT2D eigenvalue weighted by molar-refractivity contribution is 9.09. The first-order valence-corrected chi connectivity index (χ1v) is 7.71. The summed E-state index contributed by atoms with van der Waals surface area (Å²) >= 11 is 9.64. The van der Waals surface area contributed by atoms with Crippen LogP contribution in [0.5, 0.6) is 0 Å². The Morgan fingerprint density at radius 1 is 1.44 bits per heavy atom. The third-order valence-corrected chi connectivity index (χ3v) is 4.95. The van der Waals surface area contributed by atoms with Crippen LogP contribution in [0.4, 0.5) is 0 Å². The van der Waals surface area contributed by atoms with Gasteiger partial charge in [0.15, 0.2) is 0 Å². The monoisotopic (exact) mass is 329 g/mol. The Labute approximate surface area is 121 Å². The second-order valence-corrected chi connectivity index (χ2v) is 6.03. The maximum atomic E-state index is 12.3. The fraction of sp³-hybridized carbons (Fsp3) is 0.500. The summed E-state index contributed by atoms with van der Waals surface area (Å²) in [5, 5.41) is 4.47. The number of aryl methyl sites for hydroxylation is 1. The van der Waals surface area contributed by atoms with E-state index in [1.54, 1.807) is 6.07 Å². The van der Waals surface area contributed by atoms with Crippen molar-refractivity contribution in [1.82, 2.24) is 5.32 Å². The highest BCUT2D eigenvalue weighted by Gasteiger charge is 2.34. The minimum absolute atomic E-state index is 0.0682. The molecular formula is C14H17BrClNO. The van der Waals surface area contributed by atoms with Crippen LogP contribution in [0, 0.1) is 6.92 Å². The maximum Gasteiger partial charge on any atom is 0.253 e. The summed E-state index contributed by atoms with van der Waals surface area (Å²) in [7, 11) is 0. The molecule has 0 aromatic heterocycles. The van der Waals surface area contributed by atoms with Crippen molar-refractivity contribution in [1.29, 1.82) is 0 Å². The fourth-order valence-corrected chi connectivity index (χ4v) is 3.48. The molecule has 1 aliphatic carbocycles. The lowest BCUT2D eigenvalue weighted by Crippen LogP contribution is -2.47. The van der Waals surface area contributed by atoms with Crippen LogP contribution in [0.25, 0.3) is 0 Å². The molecule has 98 valence electrons. The van der Waals surface area contributed by atoms with E-state index in [-0.39, 0.29) is 11.4 Å². The third-order valence-electron chi connectivity index (χ3n) is 3.56. The molecule has 0 atom stereocenters. The molecule has 1 aromatic rings. The predicted octanol–water partition coefficient (Wildman–Crippen LogP) is 4.09. The zero-order valence-corrected chi connectivity index (χ0v) is 12.8. The lowest BCUT2D eigenvalue weighted by molar-refractivity contribution is 0.0910. The van der Waals surface area contributed by atoms with Gasteiger partial charge >= 0.3 is 0 Å². The summed E-state index contributed by atoms with van der Waals surface area (Å²) in [5.74, 6) is -0.0682. The maximum absolute atomic E-state index is 12.3. The zero-order valence-electron chi connectivity index (χ0n) is 10.4. The number of amides is 1. The van der Waals surface area contributed by atoms with Crippen molar-refractivity contribution in [3.05, 3.63) is 34.3 Å². The molecule has 1 aromatic carbocycles. The molecule has 0 radical (unpaired) electrons. The molecule has 1 aliphatic rings. The summed E-state index contributed by atoms with van der Waals surface area (Å²) < 4.78 is 0. The zero-order chi connectivity index (χ0) is 13.2. The molecule has 2 rings (SSSR count). The summed E-state index contributed by atoms with van der Waals surface area (Å²) in [4.78, 5) is 12.3. The lowest BCUT2D eigenvalue weighted by Gasteiger charge is -2.28. The van der Waals surface area contributed by atoms with Gasteiger partial charge in [-0.15, -0.1) is 0 Å². The average molecular weight is 331 g/mol. The van der Waals surface area contributed by atoms with Gasteiger partial charge in [-0.3, -0.25) is 4.79 Å². The van der Waals surface area contributed by atoms with Gasteiger partial charge in [-0.25, -0.2) is 0 Å². The summed E-state index contributed by atoms with van der Waals surface area (Å²) in [6.45, 7) is 1.96. The van der Waals surface area contributed by atoms with E-state index >= 15 is 0 Å². The Bertz CT molecular complexity index is 455. The van der Waals surface area contributed by atoms with Crippen molar-refractivity contribution in [2.75, 3.05) is 5.33 Å². The van der Waals surface area contributed by atoms with Gasteiger partial charge in [0.1, 0.15) is 0 Å². The fourth-order valence-electron chi connectivity index (χ4n) is 2.46. The molecule has 1 N–H and O–H groups in total. The standard InChI is InChI=1S/C14H17BrClNO/c1-10-4-5-11(12(16)8-10)13(18)17-14(9-15)6-2-3-7-14/h4-5,8H,2-3,6-7,9H2,1H3,(H,17,18). The number of nitrogens with one attached hydrogen (secondary N) is 1. The second kappa shape index (κ2) is 5.62. The van der Waals surface area contributed by atoms with Crippen LogP contribution < -0.4 is 5.32 Å². The van der Waals surface area contributed by atoms with E-state index in [0.29, 0.717) is 10.6 Å². The van der Waals surface area contributed by atoms with Crippen LogP contribution in [0.15, 0.2) is 18.2 Å². The van der Waals surface area contributed by atoms with Crippen molar-refractivity contribution >= 4 is 33.4 Å². The van der Waals surface area contributed by atoms with Crippen molar-refractivity contribution in [2.24, 2.45) is 0 Å². The smallest absolute Gasteiger partial charge is 0.253 e. The first-order valence-electron chi connectivity index (χ1n) is 6.21. The molecule has 1 fully saturated rings. The van der Waals surface area contributed by atoms with E-state index in [4.69, 9.17) is 11.6 Å². The molecule has 2 nitrogen and oxygen atoms in total. The van der Waals surface area contributed by atoms with Crippen LogP contribution in [0.2, 0.25) is 5.02 Å². The highest BCUT2D eigenvalue weighted by atomic mass is 79.9. The minimum Gasteiger partial charge on any atom is -0.346 e. The number of carbonyl (C=O) groups is 1. The van der Waals surface area contributed by atoms with Crippen LogP contribution >= 0.6 is 27.5 Å². The number of carbonyl (C=O) groups excluding carboxylic acids is 1. The number of hydrogen-bond acceptors (Lipinski definition) is 1. The quantitative estimate of drug-likeness (QED) is 0.831. The van der Waals surface area contributed by atoms with E-state index in [0.717, 1.165) is 23.7 Å². The van der Waals surface area contributed by atoms with Crippen LogP contribution in [-0.2, 0) is 0 Å². The predicted molar refractivity (Wildman–Crippen MR) is 78.6 cm³/mol. The van der Waals surface area contributed by atoms with Crippen LogP contribution in [-0.4, -0.2) is 16.8 Å². The molecule has 0 spiro atoms. The summed E-state index contributed by atoms with van der Waals surface area (Å²) in [6.07, 6.45) is 4.42. The van der Waals surface area contributed by atoms with Gasteiger partial charge in [-0.2, -0.15) is 0 Å². The van der Waals surface area contributed by atoms with Gasteiger partial charge in [0, 0.05) is 5.33 Å². The van der Waals surface area contributed by atoms with E-state index in [1.165, 1.54) is 12.8 Å². The molecule has 4 heteroatoms. The van der Waals surface area contributed by atoms with Crippen molar-refractivity contribution in [3.8, 4) is 0 Å². The Morgan fingerprint density at radius 3 is 2.67 bits per heavy atom.